The highest BCUT2D eigenvalue weighted by Gasteiger charge is 2.26. The van der Waals surface area contributed by atoms with Crippen molar-refractivity contribution in [2.45, 2.75) is 45.8 Å². The van der Waals surface area contributed by atoms with Crippen molar-refractivity contribution in [2.24, 2.45) is 5.92 Å². The molecule has 0 atom stereocenters. The van der Waals surface area contributed by atoms with Gasteiger partial charge in [-0.15, -0.1) is 0 Å². The number of aromatic nitrogens is 1. The molecule has 1 aromatic heterocycles. The number of nitrogens with zero attached hydrogens (tertiary/aromatic N) is 2. The Kier molecular flexibility index (Phi) is 5.36. The summed E-state index contributed by atoms with van der Waals surface area (Å²) in [6.07, 6.45) is 1.94. The third kappa shape index (κ3) is 4.51. The molecular formula is C25H27N3O3. The van der Waals surface area contributed by atoms with E-state index >= 15 is 0 Å². The van der Waals surface area contributed by atoms with Crippen molar-refractivity contribution in [3.63, 3.8) is 0 Å². The summed E-state index contributed by atoms with van der Waals surface area (Å²) in [5.74, 6) is 1.38. The summed E-state index contributed by atoms with van der Waals surface area (Å²) in [5.41, 5.74) is 3.60. The van der Waals surface area contributed by atoms with Gasteiger partial charge in [0.05, 0.1) is 23.9 Å². The molecule has 0 radical (unpaired) electrons. The van der Waals surface area contributed by atoms with Crippen LogP contribution in [0.4, 0.5) is 10.5 Å². The number of carbonyl (C=O) groups is 1. The van der Waals surface area contributed by atoms with Gasteiger partial charge in [0, 0.05) is 17.6 Å². The third-order valence-corrected chi connectivity index (χ3v) is 5.32. The van der Waals surface area contributed by atoms with E-state index in [4.69, 9.17) is 9.47 Å². The summed E-state index contributed by atoms with van der Waals surface area (Å²) in [4.78, 5) is 12.1. The molecule has 3 aromatic rings. The highest BCUT2D eigenvalue weighted by atomic mass is 16.6. The molecule has 31 heavy (non-hydrogen) atoms. The van der Waals surface area contributed by atoms with Gasteiger partial charge in [-0.25, -0.2) is 4.79 Å². The highest BCUT2D eigenvalue weighted by molar-refractivity contribution is 5.95. The van der Waals surface area contributed by atoms with Crippen molar-refractivity contribution in [1.82, 2.24) is 4.57 Å². The van der Waals surface area contributed by atoms with Crippen LogP contribution in [0.5, 0.6) is 5.75 Å². The molecule has 2 aromatic carbocycles. The molecule has 1 saturated carbocycles. The van der Waals surface area contributed by atoms with E-state index in [0.717, 1.165) is 34.5 Å². The van der Waals surface area contributed by atoms with Crippen LogP contribution in [0.1, 0.15) is 39.2 Å². The van der Waals surface area contributed by atoms with E-state index in [1.807, 2.05) is 63.2 Å². The number of hydrogen-bond donors (Lipinski definition) is 1. The van der Waals surface area contributed by atoms with E-state index in [1.54, 1.807) is 7.11 Å². The summed E-state index contributed by atoms with van der Waals surface area (Å²) in [7, 11) is 1.63. The number of fused-ring (bicyclic) bond motifs is 1. The van der Waals surface area contributed by atoms with E-state index in [1.165, 1.54) is 12.8 Å². The smallest absolute Gasteiger partial charge is 0.412 e. The number of anilines is 1. The molecule has 1 N–H and O–H groups in total. The van der Waals surface area contributed by atoms with Gasteiger partial charge >= 0.3 is 6.09 Å². The lowest BCUT2D eigenvalue weighted by Crippen LogP contribution is -2.27. The van der Waals surface area contributed by atoms with Gasteiger partial charge in [-0.2, -0.15) is 5.26 Å². The Hall–Kier alpha value is -3.46. The molecule has 4 rings (SSSR count). The van der Waals surface area contributed by atoms with Crippen LogP contribution < -0.4 is 10.1 Å². The Morgan fingerprint density at radius 1 is 1.19 bits per heavy atom. The molecule has 6 nitrogen and oxygen atoms in total. The molecule has 0 bridgehead atoms. The highest BCUT2D eigenvalue weighted by Crippen LogP contribution is 2.39. The average molecular weight is 418 g/mol. The Balaban J connectivity index is 1.73. The molecule has 160 valence electrons. The Bertz CT molecular complexity index is 1160. The molecule has 1 aliphatic carbocycles. The van der Waals surface area contributed by atoms with Gasteiger partial charge in [-0.05, 0) is 75.4 Å². The van der Waals surface area contributed by atoms with Gasteiger partial charge < -0.3 is 14.0 Å². The Labute approximate surface area is 182 Å². The van der Waals surface area contributed by atoms with Gasteiger partial charge in [-0.3, -0.25) is 5.32 Å². The molecular weight excluding hydrogens is 390 g/mol. The van der Waals surface area contributed by atoms with Crippen molar-refractivity contribution in [2.75, 3.05) is 12.4 Å². The molecule has 0 saturated heterocycles. The second-order valence-corrected chi connectivity index (χ2v) is 8.98. The minimum atomic E-state index is -0.559. The monoisotopic (exact) mass is 417 g/mol. The van der Waals surface area contributed by atoms with Crippen LogP contribution in [0.15, 0.2) is 42.5 Å². The molecule has 0 aliphatic heterocycles. The van der Waals surface area contributed by atoms with Crippen molar-refractivity contribution in [3.05, 3.63) is 48.0 Å². The number of carbonyl (C=O) groups excluding carboxylic acids is 1. The van der Waals surface area contributed by atoms with Crippen molar-refractivity contribution in [3.8, 4) is 23.1 Å². The van der Waals surface area contributed by atoms with Gasteiger partial charge in [0.15, 0.2) is 0 Å². The molecule has 1 amide bonds. The number of amides is 1. The van der Waals surface area contributed by atoms with Gasteiger partial charge in [0.1, 0.15) is 17.4 Å². The minimum Gasteiger partial charge on any atom is -0.497 e. The first kappa shape index (κ1) is 20.8. The SMILES string of the molecule is COc1ccc2c(c1)c(C#N)c(-c1ccc(NC(=O)OC(C)(C)C)cc1)n2CC1CC1. The normalized spacial score (nSPS) is 13.6. The standard InChI is InChI=1S/C25H27N3O3/c1-25(2,3)31-24(29)27-18-9-7-17(8-10-18)23-21(14-26)20-13-19(30-4)11-12-22(20)28(23)15-16-5-6-16/h7-13,16H,5-6,15H2,1-4H3,(H,27,29). The number of benzene rings is 2. The molecule has 1 heterocycles. The maximum atomic E-state index is 12.1. The lowest BCUT2D eigenvalue weighted by Gasteiger charge is -2.19. The van der Waals surface area contributed by atoms with Crippen LogP contribution in [-0.4, -0.2) is 23.4 Å². The van der Waals surface area contributed by atoms with E-state index in [9.17, 15) is 10.1 Å². The zero-order valence-corrected chi connectivity index (χ0v) is 18.4. The van der Waals surface area contributed by atoms with Crippen LogP contribution in [0.2, 0.25) is 0 Å². The lowest BCUT2D eigenvalue weighted by molar-refractivity contribution is 0.0636. The summed E-state index contributed by atoms with van der Waals surface area (Å²) >= 11 is 0. The summed E-state index contributed by atoms with van der Waals surface area (Å²) in [5, 5.41) is 13.7. The average Bonchev–Trinajstić information content (AvgIpc) is 3.48. The maximum Gasteiger partial charge on any atom is 0.412 e. The summed E-state index contributed by atoms with van der Waals surface area (Å²) in [6, 6.07) is 15.8. The van der Waals surface area contributed by atoms with Crippen LogP contribution in [-0.2, 0) is 11.3 Å². The fourth-order valence-corrected chi connectivity index (χ4v) is 3.76. The third-order valence-electron chi connectivity index (χ3n) is 5.32. The lowest BCUT2D eigenvalue weighted by atomic mass is 10.1. The Morgan fingerprint density at radius 3 is 2.48 bits per heavy atom. The summed E-state index contributed by atoms with van der Waals surface area (Å²) < 4.78 is 13.0. The molecule has 0 spiro atoms. The fourth-order valence-electron chi connectivity index (χ4n) is 3.76. The van der Waals surface area contributed by atoms with E-state index in [2.05, 4.69) is 16.0 Å². The second-order valence-electron chi connectivity index (χ2n) is 8.98. The number of rotatable bonds is 5. The van der Waals surface area contributed by atoms with E-state index in [-0.39, 0.29) is 0 Å². The number of nitriles is 1. The van der Waals surface area contributed by atoms with E-state index < -0.39 is 11.7 Å². The molecule has 1 fully saturated rings. The second kappa shape index (κ2) is 7.99. The van der Waals surface area contributed by atoms with Crippen molar-refractivity contribution in [1.29, 1.82) is 5.26 Å². The van der Waals surface area contributed by atoms with Gasteiger partial charge in [-0.1, -0.05) is 12.1 Å². The number of hydrogen-bond acceptors (Lipinski definition) is 4. The van der Waals surface area contributed by atoms with E-state index in [0.29, 0.717) is 17.2 Å². The van der Waals surface area contributed by atoms with Crippen molar-refractivity contribution < 1.29 is 14.3 Å². The van der Waals surface area contributed by atoms with Crippen LogP contribution in [0.3, 0.4) is 0 Å². The van der Waals surface area contributed by atoms with Crippen LogP contribution >= 0.6 is 0 Å². The summed E-state index contributed by atoms with van der Waals surface area (Å²) in [6.45, 7) is 6.37. The maximum absolute atomic E-state index is 12.1. The molecule has 1 aliphatic rings. The zero-order valence-electron chi connectivity index (χ0n) is 18.4. The number of nitrogens with one attached hydrogen (secondary N) is 1. The van der Waals surface area contributed by atoms with Crippen LogP contribution in [0.25, 0.3) is 22.2 Å². The Morgan fingerprint density at radius 2 is 1.90 bits per heavy atom. The predicted molar refractivity (Wildman–Crippen MR) is 121 cm³/mol. The van der Waals surface area contributed by atoms with Crippen molar-refractivity contribution >= 4 is 22.7 Å². The van der Waals surface area contributed by atoms with Gasteiger partial charge in [0.2, 0.25) is 0 Å². The first-order chi connectivity index (χ1) is 14.8. The first-order valence-electron chi connectivity index (χ1n) is 10.5. The molecule has 0 unspecified atom stereocenters. The topological polar surface area (TPSA) is 76.3 Å². The number of methoxy groups -OCH3 is 1. The predicted octanol–water partition coefficient (Wildman–Crippen LogP) is 5.95. The quantitative estimate of drug-likeness (QED) is 0.557. The van der Waals surface area contributed by atoms with Gasteiger partial charge in [0.25, 0.3) is 0 Å². The number of ether oxygens (including phenoxy) is 2. The minimum absolute atomic E-state index is 0.493. The molecule has 6 heteroatoms. The zero-order chi connectivity index (χ0) is 22.2. The fraction of sp³-hybridized carbons (Fsp3) is 0.360. The largest absolute Gasteiger partial charge is 0.497 e. The first-order valence-corrected chi connectivity index (χ1v) is 10.5. The van der Waals surface area contributed by atoms with Crippen LogP contribution in [0, 0.1) is 17.2 Å².